The number of methoxy groups -OCH3 is 1. The predicted octanol–water partition coefficient (Wildman–Crippen LogP) is 4.45. The van der Waals surface area contributed by atoms with Gasteiger partial charge in [0.15, 0.2) is 5.16 Å². The van der Waals surface area contributed by atoms with E-state index < -0.39 is 0 Å². The van der Waals surface area contributed by atoms with Crippen LogP contribution in [0.3, 0.4) is 0 Å². The molecule has 1 atom stereocenters. The number of H-pyrrole nitrogens is 1. The molecule has 7 heteroatoms. The molecular formula is C17H16BrN3O2S. The van der Waals surface area contributed by atoms with Crippen molar-refractivity contribution in [3.8, 4) is 5.75 Å². The number of halogens is 1. The smallest absolute Gasteiger partial charge is 0.237 e. The first kappa shape index (κ1) is 16.9. The van der Waals surface area contributed by atoms with E-state index in [0.29, 0.717) is 5.16 Å². The van der Waals surface area contributed by atoms with E-state index in [9.17, 15) is 4.79 Å². The Hall–Kier alpha value is -1.99. The standard InChI is InChI=1S/C17H16BrN3O2S/c1-10(16(22)19-12-5-3-11(18)4-6-12)24-17-20-14-8-7-13(23-2)9-15(14)21-17/h3-10H,1-2H3,(H,19,22)(H,20,21). The zero-order chi connectivity index (χ0) is 17.1. The van der Waals surface area contributed by atoms with Crippen molar-refractivity contribution in [1.82, 2.24) is 9.97 Å². The summed E-state index contributed by atoms with van der Waals surface area (Å²) < 4.78 is 6.18. The molecule has 124 valence electrons. The third-order valence-corrected chi connectivity index (χ3v) is 4.95. The lowest BCUT2D eigenvalue weighted by molar-refractivity contribution is -0.115. The van der Waals surface area contributed by atoms with Gasteiger partial charge < -0.3 is 15.0 Å². The quantitative estimate of drug-likeness (QED) is 0.615. The summed E-state index contributed by atoms with van der Waals surface area (Å²) in [4.78, 5) is 20.0. The molecule has 0 radical (unpaired) electrons. The van der Waals surface area contributed by atoms with Crippen LogP contribution in [0.5, 0.6) is 5.75 Å². The van der Waals surface area contributed by atoms with E-state index >= 15 is 0 Å². The highest BCUT2D eigenvalue weighted by Crippen LogP contribution is 2.26. The van der Waals surface area contributed by atoms with Crippen LogP contribution in [0.4, 0.5) is 5.69 Å². The molecule has 0 spiro atoms. The number of nitrogens with zero attached hydrogens (tertiary/aromatic N) is 1. The Balaban J connectivity index is 1.68. The first-order valence-corrected chi connectivity index (χ1v) is 8.99. The molecule has 0 aliphatic carbocycles. The largest absolute Gasteiger partial charge is 0.497 e. The van der Waals surface area contributed by atoms with Crippen molar-refractivity contribution in [3.05, 3.63) is 46.9 Å². The van der Waals surface area contributed by atoms with Gasteiger partial charge in [0.2, 0.25) is 5.91 Å². The Morgan fingerprint density at radius 2 is 2.04 bits per heavy atom. The first-order chi connectivity index (χ1) is 11.5. The molecule has 0 fully saturated rings. The summed E-state index contributed by atoms with van der Waals surface area (Å²) in [6.45, 7) is 1.85. The number of aromatic nitrogens is 2. The summed E-state index contributed by atoms with van der Waals surface area (Å²) in [5, 5.41) is 3.32. The van der Waals surface area contributed by atoms with Gasteiger partial charge in [-0.1, -0.05) is 27.7 Å². The Morgan fingerprint density at radius 3 is 2.75 bits per heavy atom. The number of imidazole rings is 1. The highest BCUT2D eigenvalue weighted by atomic mass is 79.9. The first-order valence-electron chi connectivity index (χ1n) is 7.32. The normalized spacial score (nSPS) is 12.1. The van der Waals surface area contributed by atoms with Crippen LogP contribution in [-0.2, 0) is 4.79 Å². The van der Waals surface area contributed by atoms with E-state index in [-0.39, 0.29) is 11.2 Å². The molecule has 0 bridgehead atoms. The van der Waals surface area contributed by atoms with Gasteiger partial charge in [0, 0.05) is 16.2 Å². The van der Waals surface area contributed by atoms with Crippen LogP contribution in [0.1, 0.15) is 6.92 Å². The van der Waals surface area contributed by atoms with Crippen LogP contribution in [0.2, 0.25) is 0 Å². The average Bonchev–Trinajstić information content (AvgIpc) is 2.97. The van der Waals surface area contributed by atoms with Crippen LogP contribution >= 0.6 is 27.7 Å². The van der Waals surface area contributed by atoms with E-state index in [2.05, 4.69) is 31.2 Å². The van der Waals surface area contributed by atoms with E-state index in [1.807, 2.05) is 49.4 Å². The van der Waals surface area contributed by atoms with E-state index in [1.165, 1.54) is 11.8 Å². The van der Waals surface area contributed by atoms with Crippen LogP contribution in [-0.4, -0.2) is 28.2 Å². The van der Waals surface area contributed by atoms with Crippen molar-refractivity contribution in [2.24, 2.45) is 0 Å². The van der Waals surface area contributed by atoms with E-state index in [1.54, 1.807) is 7.11 Å². The van der Waals surface area contributed by atoms with Crippen LogP contribution < -0.4 is 10.1 Å². The van der Waals surface area contributed by atoms with Gasteiger partial charge in [-0.2, -0.15) is 0 Å². The van der Waals surface area contributed by atoms with Gasteiger partial charge in [0.05, 0.1) is 23.4 Å². The molecule has 1 heterocycles. The fourth-order valence-electron chi connectivity index (χ4n) is 2.15. The van der Waals surface area contributed by atoms with Crippen molar-refractivity contribution in [3.63, 3.8) is 0 Å². The van der Waals surface area contributed by atoms with Crippen molar-refractivity contribution >= 4 is 50.3 Å². The third-order valence-electron chi connectivity index (χ3n) is 3.44. The van der Waals surface area contributed by atoms with Crippen LogP contribution in [0, 0.1) is 0 Å². The van der Waals surface area contributed by atoms with Gasteiger partial charge in [-0.05, 0) is 43.3 Å². The molecule has 1 unspecified atom stereocenters. The second-order valence-corrected chi connectivity index (χ2v) is 7.43. The monoisotopic (exact) mass is 405 g/mol. The SMILES string of the molecule is COc1ccc2nc(SC(C)C(=O)Nc3ccc(Br)cc3)[nH]c2c1. The number of ether oxygens (including phenoxy) is 1. The van der Waals surface area contributed by atoms with Gasteiger partial charge in [-0.3, -0.25) is 4.79 Å². The molecule has 5 nitrogen and oxygen atoms in total. The van der Waals surface area contributed by atoms with Crippen molar-refractivity contribution in [2.75, 3.05) is 12.4 Å². The fraction of sp³-hybridized carbons (Fsp3) is 0.176. The lowest BCUT2D eigenvalue weighted by atomic mass is 10.3. The van der Waals surface area contributed by atoms with Crippen molar-refractivity contribution in [1.29, 1.82) is 0 Å². The molecule has 0 saturated carbocycles. The number of hydrogen-bond donors (Lipinski definition) is 2. The van der Waals surface area contributed by atoms with Crippen LogP contribution in [0.25, 0.3) is 11.0 Å². The number of thioether (sulfide) groups is 1. The fourth-order valence-corrected chi connectivity index (χ4v) is 3.23. The maximum Gasteiger partial charge on any atom is 0.237 e. The Bertz CT molecular complexity index is 864. The molecular weight excluding hydrogens is 390 g/mol. The zero-order valence-corrected chi connectivity index (χ0v) is 15.6. The maximum atomic E-state index is 12.3. The number of anilines is 1. The Morgan fingerprint density at radius 1 is 1.29 bits per heavy atom. The summed E-state index contributed by atoms with van der Waals surface area (Å²) in [5.41, 5.74) is 2.50. The summed E-state index contributed by atoms with van der Waals surface area (Å²) in [6, 6.07) is 13.1. The van der Waals surface area contributed by atoms with Gasteiger partial charge >= 0.3 is 0 Å². The van der Waals surface area contributed by atoms with Gasteiger partial charge in [-0.15, -0.1) is 0 Å². The Labute approximate surface area is 152 Å². The summed E-state index contributed by atoms with van der Waals surface area (Å²) in [5.74, 6) is 0.698. The molecule has 0 aliphatic rings. The van der Waals surface area contributed by atoms with Gasteiger partial charge in [0.25, 0.3) is 0 Å². The van der Waals surface area contributed by atoms with Crippen molar-refractivity contribution < 1.29 is 9.53 Å². The third kappa shape index (κ3) is 3.91. The van der Waals surface area contributed by atoms with Crippen LogP contribution in [0.15, 0.2) is 52.1 Å². The molecule has 1 amide bonds. The second kappa shape index (κ2) is 7.27. The van der Waals surface area contributed by atoms with E-state index in [0.717, 1.165) is 26.9 Å². The highest BCUT2D eigenvalue weighted by molar-refractivity contribution is 9.10. The molecule has 2 aromatic carbocycles. The molecule has 1 aromatic heterocycles. The number of amides is 1. The number of fused-ring (bicyclic) bond motifs is 1. The molecule has 24 heavy (non-hydrogen) atoms. The molecule has 3 aromatic rings. The Kier molecular flexibility index (Phi) is 5.11. The summed E-state index contributed by atoms with van der Waals surface area (Å²) >= 11 is 4.76. The summed E-state index contributed by atoms with van der Waals surface area (Å²) in [6.07, 6.45) is 0. The van der Waals surface area contributed by atoms with Gasteiger partial charge in [0.1, 0.15) is 5.75 Å². The zero-order valence-electron chi connectivity index (χ0n) is 13.2. The molecule has 0 aliphatic heterocycles. The number of carbonyl (C=O) groups excluding carboxylic acids is 1. The molecule has 0 saturated heterocycles. The number of benzene rings is 2. The number of nitrogens with one attached hydrogen (secondary N) is 2. The number of aromatic amines is 1. The highest BCUT2D eigenvalue weighted by Gasteiger charge is 2.17. The second-order valence-electron chi connectivity index (χ2n) is 5.18. The lowest BCUT2D eigenvalue weighted by Crippen LogP contribution is -2.22. The molecule has 2 N–H and O–H groups in total. The summed E-state index contributed by atoms with van der Waals surface area (Å²) in [7, 11) is 1.63. The minimum absolute atomic E-state index is 0.0691. The predicted molar refractivity (Wildman–Crippen MR) is 101 cm³/mol. The average molecular weight is 406 g/mol. The number of carbonyl (C=O) groups is 1. The number of hydrogen-bond acceptors (Lipinski definition) is 4. The van der Waals surface area contributed by atoms with Crippen molar-refractivity contribution in [2.45, 2.75) is 17.3 Å². The molecule has 3 rings (SSSR count). The topological polar surface area (TPSA) is 67.0 Å². The van der Waals surface area contributed by atoms with Gasteiger partial charge in [-0.25, -0.2) is 4.98 Å². The minimum Gasteiger partial charge on any atom is -0.497 e. The lowest BCUT2D eigenvalue weighted by Gasteiger charge is -2.10. The number of rotatable bonds is 5. The van der Waals surface area contributed by atoms with E-state index in [4.69, 9.17) is 4.74 Å². The maximum absolute atomic E-state index is 12.3. The minimum atomic E-state index is -0.281.